The first-order valence-corrected chi connectivity index (χ1v) is 4.72. The number of hydrogen-bond acceptors (Lipinski definition) is 2. The summed E-state index contributed by atoms with van der Waals surface area (Å²) in [5.41, 5.74) is 0.639. The standard InChI is InChI=1S/C8H9IN2O/c1-2-10-8(12)6-4-3-5-11-7(6)9/h3-5H,2H2,1H3,(H,10,12). The topological polar surface area (TPSA) is 42.0 Å². The lowest BCUT2D eigenvalue weighted by molar-refractivity contribution is 0.0954. The van der Waals surface area contributed by atoms with Crippen LogP contribution >= 0.6 is 22.6 Å². The van der Waals surface area contributed by atoms with Crippen molar-refractivity contribution in [3.05, 3.63) is 27.6 Å². The summed E-state index contributed by atoms with van der Waals surface area (Å²) in [4.78, 5) is 15.3. The predicted molar refractivity (Wildman–Crippen MR) is 55.0 cm³/mol. The number of carbonyl (C=O) groups excluding carboxylic acids is 1. The predicted octanol–water partition coefficient (Wildman–Crippen LogP) is 1.44. The molecule has 0 aliphatic rings. The molecule has 3 nitrogen and oxygen atoms in total. The zero-order chi connectivity index (χ0) is 8.97. The van der Waals surface area contributed by atoms with Crippen LogP contribution in [0.25, 0.3) is 0 Å². The molecule has 1 heterocycles. The van der Waals surface area contributed by atoms with E-state index in [4.69, 9.17) is 0 Å². The van der Waals surface area contributed by atoms with Gasteiger partial charge in [-0.3, -0.25) is 4.79 Å². The van der Waals surface area contributed by atoms with Crippen LogP contribution in [0.1, 0.15) is 17.3 Å². The molecule has 0 saturated carbocycles. The Morgan fingerprint density at radius 3 is 3.08 bits per heavy atom. The molecule has 4 heteroatoms. The molecule has 1 N–H and O–H groups in total. The molecule has 0 aliphatic heterocycles. The highest BCUT2D eigenvalue weighted by molar-refractivity contribution is 14.1. The zero-order valence-corrected chi connectivity index (χ0v) is 8.83. The van der Waals surface area contributed by atoms with E-state index in [1.165, 1.54) is 0 Å². The number of aromatic nitrogens is 1. The van der Waals surface area contributed by atoms with E-state index in [2.05, 4.69) is 10.3 Å². The second kappa shape index (κ2) is 4.39. The highest BCUT2D eigenvalue weighted by Crippen LogP contribution is 2.07. The molecule has 0 spiro atoms. The minimum atomic E-state index is -0.0602. The Morgan fingerprint density at radius 2 is 2.50 bits per heavy atom. The smallest absolute Gasteiger partial charge is 0.253 e. The van der Waals surface area contributed by atoms with Crippen molar-refractivity contribution in [2.24, 2.45) is 0 Å². The molecule has 1 rings (SSSR count). The van der Waals surface area contributed by atoms with Crippen molar-refractivity contribution in [3.63, 3.8) is 0 Å². The summed E-state index contributed by atoms with van der Waals surface area (Å²) in [6.07, 6.45) is 1.67. The zero-order valence-electron chi connectivity index (χ0n) is 6.67. The molecule has 0 aromatic carbocycles. The van der Waals surface area contributed by atoms with E-state index in [1.807, 2.05) is 29.5 Å². The Bertz CT molecular complexity index is 288. The van der Waals surface area contributed by atoms with Gasteiger partial charge in [0.05, 0.1) is 5.56 Å². The van der Waals surface area contributed by atoms with Crippen LogP contribution in [0, 0.1) is 3.70 Å². The first-order chi connectivity index (χ1) is 5.75. The van der Waals surface area contributed by atoms with E-state index in [1.54, 1.807) is 18.3 Å². The van der Waals surface area contributed by atoms with E-state index in [-0.39, 0.29) is 5.91 Å². The lowest BCUT2D eigenvalue weighted by Crippen LogP contribution is -2.23. The third-order valence-electron chi connectivity index (χ3n) is 1.34. The van der Waals surface area contributed by atoms with Gasteiger partial charge in [0.2, 0.25) is 0 Å². The van der Waals surface area contributed by atoms with Crippen molar-refractivity contribution in [1.29, 1.82) is 0 Å². The molecular weight excluding hydrogens is 267 g/mol. The van der Waals surface area contributed by atoms with E-state index in [9.17, 15) is 4.79 Å². The largest absolute Gasteiger partial charge is 0.352 e. The molecule has 1 aromatic heterocycles. The van der Waals surface area contributed by atoms with Crippen LogP contribution in [0.2, 0.25) is 0 Å². The third-order valence-corrected chi connectivity index (χ3v) is 2.20. The molecule has 0 fully saturated rings. The summed E-state index contributed by atoms with van der Waals surface area (Å²) in [6, 6.07) is 3.52. The molecule has 0 aliphatic carbocycles. The van der Waals surface area contributed by atoms with Gasteiger partial charge in [-0.1, -0.05) is 0 Å². The fourth-order valence-corrected chi connectivity index (χ4v) is 1.40. The van der Waals surface area contributed by atoms with E-state index in [0.717, 1.165) is 3.70 Å². The van der Waals surface area contributed by atoms with Gasteiger partial charge >= 0.3 is 0 Å². The van der Waals surface area contributed by atoms with Gasteiger partial charge in [0.15, 0.2) is 0 Å². The maximum Gasteiger partial charge on any atom is 0.253 e. The van der Waals surface area contributed by atoms with Gasteiger partial charge in [-0.2, -0.15) is 0 Å². The lowest BCUT2D eigenvalue weighted by atomic mass is 10.3. The number of nitrogens with zero attached hydrogens (tertiary/aromatic N) is 1. The summed E-state index contributed by atoms with van der Waals surface area (Å²) < 4.78 is 0.737. The quantitative estimate of drug-likeness (QED) is 0.656. The number of hydrogen-bond donors (Lipinski definition) is 1. The van der Waals surface area contributed by atoms with Gasteiger partial charge in [0.25, 0.3) is 5.91 Å². The summed E-state index contributed by atoms with van der Waals surface area (Å²) >= 11 is 2.04. The Hall–Kier alpha value is -0.650. The average molecular weight is 276 g/mol. The number of nitrogens with one attached hydrogen (secondary N) is 1. The molecule has 0 bridgehead atoms. The van der Waals surface area contributed by atoms with Crippen LogP contribution in [-0.2, 0) is 0 Å². The van der Waals surface area contributed by atoms with Crippen LogP contribution in [0.3, 0.4) is 0 Å². The monoisotopic (exact) mass is 276 g/mol. The second-order valence-corrected chi connectivity index (χ2v) is 3.22. The van der Waals surface area contributed by atoms with Gasteiger partial charge < -0.3 is 5.32 Å². The van der Waals surface area contributed by atoms with Crippen molar-refractivity contribution < 1.29 is 4.79 Å². The van der Waals surface area contributed by atoms with E-state index < -0.39 is 0 Å². The summed E-state index contributed by atoms with van der Waals surface area (Å²) in [6.45, 7) is 2.53. The average Bonchev–Trinajstić information content (AvgIpc) is 2.05. The molecule has 12 heavy (non-hydrogen) atoms. The molecule has 0 saturated heterocycles. The number of carbonyl (C=O) groups is 1. The SMILES string of the molecule is CCNC(=O)c1cccnc1I. The van der Waals surface area contributed by atoms with Crippen LogP contribution in [0.15, 0.2) is 18.3 Å². The summed E-state index contributed by atoms with van der Waals surface area (Å²) in [7, 11) is 0. The molecular formula is C8H9IN2O. The van der Waals surface area contributed by atoms with Crippen molar-refractivity contribution >= 4 is 28.5 Å². The van der Waals surface area contributed by atoms with Gasteiger partial charge in [-0.25, -0.2) is 4.98 Å². The fourth-order valence-electron chi connectivity index (χ4n) is 0.811. The van der Waals surface area contributed by atoms with Crippen LogP contribution in [0.4, 0.5) is 0 Å². The summed E-state index contributed by atoms with van der Waals surface area (Å²) in [5, 5.41) is 2.72. The number of amides is 1. The summed E-state index contributed by atoms with van der Waals surface area (Å²) in [5.74, 6) is -0.0602. The molecule has 64 valence electrons. The minimum absolute atomic E-state index is 0.0602. The third kappa shape index (κ3) is 2.17. The Balaban J connectivity index is 2.87. The normalized spacial score (nSPS) is 9.50. The number of pyridine rings is 1. The number of rotatable bonds is 2. The van der Waals surface area contributed by atoms with Gasteiger partial charge in [0.1, 0.15) is 3.70 Å². The minimum Gasteiger partial charge on any atom is -0.352 e. The van der Waals surface area contributed by atoms with Crippen molar-refractivity contribution in [1.82, 2.24) is 10.3 Å². The lowest BCUT2D eigenvalue weighted by Gasteiger charge is -2.02. The molecule has 0 radical (unpaired) electrons. The maximum atomic E-state index is 11.3. The van der Waals surface area contributed by atoms with Crippen molar-refractivity contribution in [2.45, 2.75) is 6.92 Å². The van der Waals surface area contributed by atoms with Crippen LogP contribution < -0.4 is 5.32 Å². The highest BCUT2D eigenvalue weighted by Gasteiger charge is 2.07. The fraction of sp³-hybridized carbons (Fsp3) is 0.250. The maximum absolute atomic E-state index is 11.3. The first-order valence-electron chi connectivity index (χ1n) is 3.64. The van der Waals surface area contributed by atoms with Gasteiger partial charge in [-0.05, 0) is 41.6 Å². The molecule has 0 atom stereocenters. The molecule has 1 aromatic rings. The van der Waals surface area contributed by atoms with Crippen molar-refractivity contribution in [3.8, 4) is 0 Å². The molecule has 0 unspecified atom stereocenters. The number of halogens is 1. The second-order valence-electron chi connectivity index (χ2n) is 2.20. The first kappa shape index (κ1) is 9.44. The Morgan fingerprint density at radius 1 is 1.75 bits per heavy atom. The molecule has 1 amide bonds. The highest BCUT2D eigenvalue weighted by atomic mass is 127. The van der Waals surface area contributed by atoms with E-state index in [0.29, 0.717) is 12.1 Å². The van der Waals surface area contributed by atoms with Gasteiger partial charge in [0, 0.05) is 12.7 Å². The van der Waals surface area contributed by atoms with Crippen molar-refractivity contribution in [2.75, 3.05) is 6.54 Å². The Kier molecular flexibility index (Phi) is 3.46. The van der Waals surface area contributed by atoms with Crippen LogP contribution in [0.5, 0.6) is 0 Å². The van der Waals surface area contributed by atoms with Gasteiger partial charge in [-0.15, -0.1) is 0 Å². The Labute approximate surface area is 84.7 Å². The van der Waals surface area contributed by atoms with E-state index >= 15 is 0 Å². The van der Waals surface area contributed by atoms with Crippen LogP contribution in [-0.4, -0.2) is 17.4 Å².